The van der Waals surface area contributed by atoms with Crippen molar-refractivity contribution in [1.82, 2.24) is 15.5 Å². The van der Waals surface area contributed by atoms with Crippen LogP contribution in [0.4, 0.5) is 0 Å². The molecule has 0 aromatic carbocycles. The van der Waals surface area contributed by atoms with Gasteiger partial charge in [-0.25, -0.2) is 0 Å². The Bertz CT molecular complexity index is 273. The van der Waals surface area contributed by atoms with Gasteiger partial charge in [-0.15, -0.1) is 0 Å². The van der Waals surface area contributed by atoms with E-state index in [0.29, 0.717) is 6.04 Å². The highest BCUT2D eigenvalue weighted by atomic mass is 15.1. The third-order valence-electron chi connectivity index (χ3n) is 3.13. The Morgan fingerprint density at radius 3 is 2.80 bits per heavy atom. The molecule has 2 N–H and O–H groups in total. The van der Waals surface area contributed by atoms with Gasteiger partial charge in [-0.1, -0.05) is 0 Å². The van der Waals surface area contributed by atoms with Crippen molar-refractivity contribution in [2.75, 3.05) is 26.7 Å². The monoisotopic (exact) mass is 207 g/mol. The van der Waals surface area contributed by atoms with Gasteiger partial charge in [0.25, 0.3) is 0 Å². The van der Waals surface area contributed by atoms with E-state index in [1.54, 1.807) is 0 Å². The van der Waals surface area contributed by atoms with E-state index in [1.807, 2.05) is 0 Å². The molecule has 0 saturated carbocycles. The van der Waals surface area contributed by atoms with E-state index in [4.69, 9.17) is 0 Å². The Morgan fingerprint density at radius 2 is 2.13 bits per heavy atom. The van der Waals surface area contributed by atoms with Crippen LogP contribution in [0.25, 0.3) is 0 Å². The van der Waals surface area contributed by atoms with Crippen molar-refractivity contribution in [3.05, 3.63) is 23.5 Å². The summed E-state index contributed by atoms with van der Waals surface area (Å²) in [7, 11) is 2.20. The molecule has 2 aliphatic heterocycles. The lowest BCUT2D eigenvalue weighted by Crippen LogP contribution is -2.42. The summed E-state index contributed by atoms with van der Waals surface area (Å²) in [5.74, 6) is 0. The van der Waals surface area contributed by atoms with Crippen LogP contribution >= 0.6 is 0 Å². The number of rotatable bonds is 2. The van der Waals surface area contributed by atoms with Gasteiger partial charge in [0.2, 0.25) is 0 Å². The highest BCUT2D eigenvalue weighted by molar-refractivity contribution is 5.25. The second-order valence-corrected chi connectivity index (χ2v) is 4.66. The maximum absolute atomic E-state index is 3.64. The van der Waals surface area contributed by atoms with Crippen molar-refractivity contribution in [3.63, 3.8) is 0 Å². The van der Waals surface area contributed by atoms with Crippen LogP contribution < -0.4 is 10.6 Å². The zero-order valence-electron chi connectivity index (χ0n) is 9.71. The Kier molecular flexibility index (Phi) is 3.31. The molecule has 3 heteroatoms. The third kappa shape index (κ3) is 2.99. The van der Waals surface area contributed by atoms with Crippen molar-refractivity contribution in [2.45, 2.75) is 25.8 Å². The van der Waals surface area contributed by atoms with E-state index >= 15 is 0 Å². The van der Waals surface area contributed by atoms with Crippen LogP contribution in [0.5, 0.6) is 0 Å². The minimum absolute atomic E-state index is 0.667. The van der Waals surface area contributed by atoms with Crippen LogP contribution in [0, 0.1) is 0 Å². The molecule has 3 nitrogen and oxygen atoms in total. The summed E-state index contributed by atoms with van der Waals surface area (Å²) in [4.78, 5) is 2.40. The second-order valence-electron chi connectivity index (χ2n) is 4.66. The summed E-state index contributed by atoms with van der Waals surface area (Å²) in [5, 5.41) is 6.92. The minimum Gasteiger partial charge on any atom is -0.385 e. The number of piperidine rings is 1. The Hall–Kier alpha value is -0.960. The van der Waals surface area contributed by atoms with Gasteiger partial charge in [-0.05, 0) is 57.8 Å². The summed E-state index contributed by atoms with van der Waals surface area (Å²) in [6, 6.07) is 0.667. The number of nitrogens with zero attached hydrogens (tertiary/aromatic N) is 1. The first-order valence-electron chi connectivity index (χ1n) is 5.80. The fraction of sp³-hybridized carbons (Fsp3) is 0.667. The highest BCUT2D eigenvalue weighted by Crippen LogP contribution is 2.11. The lowest BCUT2D eigenvalue weighted by molar-refractivity contribution is 0.241. The van der Waals surface area contributed by atoms with Gasteiger partial charge in [0.15, 0.2) is 0 Å². The average Bonchev–Trinajstić information content (AvgIpc) is 2.22. The quantitative estimate of drug-likeness (QED) is 0.709. The molecule has 0 amide bonds. The molecule has 0 spiro atoms. The van der Waals surface area contributed by atoms with E-state index in [0.717, 1.165) is 6.54 Å². The molecule has 0 bridgehead atoms. The summed E-state index contributed by atoms with van der Waals surface area (Å²) in [5.41, 5.74) is 2.64. The topological polar surface area (TPSA) is 27.3 Å². The molecule has 0 aromatic rings. The van der Waals surface area contributed by atoms with Crippen molar-refractivity contribution in [3.8, 4) is 0 Å². The molecular weight excluding hydrogens is 186 g/mol. The number of hydrogen-bond acceptors (Lipinski definition) is 3. The molecule has 1 fully saturated rings. The summed E-state index contributed by atoms with van der Waals surface area (Å²) in [6.07, 6.45) is 6.84. The lowest BCUT2D eigenvalue weighted by Gasteiger charge is -2.31. The fourth-order valence-corrected chi connectivity index (χ4v) is 2.20. The van der Waals surface area contributed by atoms with Crippen LogP contribution in [0.2, 0.25) is 0 Å². The predicted molar refractivity (Wildman–Crippen MR) is 63.5 cm³/mol. The molecule has 0 radical (unpaired) electrons. The molecular formula is C12H21N3. The summed E-state index contributed by atoms with van der Waals surface area (Å²) < 4.78 is 0. The molecule has 0 aliphatic carbocycles. The normalized spacial score (nSPS) is 24.1. The van der Waals surface area contributed by atoms with Crippen molar-refractivity contribution < 1.29 is 0 Å². The molecule has 84 valence electrons. The van der Waals surface area contributed by atoms with Gasteiger partial charge < -0.3 is 15.5 Å². The van der Waals surface area contributed by atoms with E-state index in [2.05, 4.69) is 41.8 Å². The van der Waals surface area contributed by atoms with Crippen molar-refractivity contribution in [1.29, 1.82) is 0 Å². The zero-order valence-corrected chi connectivity index (χ0v) is 9.71. The maximum atomic E-state index is 3.64. The molecule has 2 aliphatic rings. The first-order valence-corrected chi connectivity index (χ1v) is 5.80. The number of hydrogen-bond donors (Lipinski definition) is 2. The van der Waals surface area contributed by atoms with Crippen LogP contribution in [0.1, 0.15) is 19.8 Å². The van der Waals surface area contributed by atoms with Gasteiger partial charge in [0.1, 0.15) is 0 Å². The Labute approximate surface area is 92.2 Å². The molecule has 1 saturated heterocycles. The van der Waals surface area contributed by atoms with E-state index in [9.17, 15) is 0 Å². The zero-order chi connectivity index (χ0) is 10.7. The fourth-order valence-electron chi connectivity index (χ4n) is 2.20. The second kappa shape index (κ2) is 4.71. The van der Waals surface area contributed by atoms with Crippen LogP contribution in [0.3, 0.4) is 0 Å². The first-order chi connectivity index (χ1) is 7.24. The van der Waals surface area contributed by atoms with Gasteiger partial charge in [0, 0.05) is 11.7 Å². The van der Waals surface area contributed by atoms with Crippen LogP contribution in [0.15, 0.2) is 23.5 Å². The number of dihydropyridines is 1. The maximum Gasteiger partial charge on any atom is 0.0542 e. The van der Waals surface area contributed by atoms with Gasteiger partial charge in [-0.3, -0.25) is 0 Å². The molecule has 2 heterocycles. The number of allylic oxidation sites excluding steroid dienone is 2. The Morgan fingerprint density at radius 1 is 1.40 bits per heavy atom. The lowest BCUT2D eigenvalue weighted by atomic mass is 10.0. The van der Waals surface area contributed by atoms with Crippen LogP contribution in [-0.4, -0.2) is 37.6 Å². The highest BCUT2D eigenvalue weighted by Gasteiger charge is 2.17. The van der Waals surface area contributed by atoms with Crippen molar-refractivity contribution in [2.24, 2.45) is 0 Å². The Balaban J connectivity index is 1.84. The van der Waals surface area contributed by atoms with E-state index < -0.39 is 0 Å². The number of likely N-dealkylation sites (tertiary alicyclic amines) is 1. The standard InChI is InChI=1S/C12H21N3/c1-10-7-12(9-13-8-10)14-11-3-5-15(2)6-4-11/h7-8,11,13-14H,3-6,9H2,1-2H3. The van der Waals surface area contributed by atoms with E-state index in [-0.39, 0.29) is 0 Å². The summed E-state index contributed by atoms with van der Waals surface area (Å²) in [6.45, 7) is 5.51. The SMILES string of the molecule is CC1=CNCC(NC2CCN(C)CC2)=C1. The van der Waals surface area contributed by atoms with Gasteiger partial charge in [-0.2, -0.15) is 0 Å². The van der Waals surface area contributed by atoms with E-state index in [1.165, 1.54) is 37.2 Å². The molecule has 0 aromatic heterocycles. The molecule has 0 atom stereocenters. The third-order valence-corrected chi connectivity index (χ3v) is 3.13. The van der Waals surface area contributed by atoms with Gasteiger partial charge in [0.05, 0.1) is 6.54 Å². The molecule has 15 heavy (non-hydrogen) atoms. The van der Waals surface area contributed by atoms with Crippen molar-refractivity contribution >= 4 is 0 Å². The van der Waals surface area contributed by atoms with Gasteiger partial charge >= 0.3 is 0 Å². The van der Waals surface area contributed by atoms with Crippen LogP contribution in [-0.2, 0) is 0 Å². The number of nitrogens with one attached hydrogen (secondary N) is 2. The average molecular weight is 207 g/mol. The largest absolute Gasteiger partial charge is 0.385 e. The molecule has 2 rings (SSSR count). The predicted octanol–water partition coefficient (Wildman–Crippen LogP) is 1.06. The minimum atomic E-state index is 0.667. The first kappa shape index (κ1) is 10.6. The summed E-state index contributed by atoms with van der Waals surface area (Å²) >= 11 is 0. The molecule has 0 unspecified atom stereocenters. The smallest absolute Gasteiger partial charge is 0.0542 e.